The third kappa shape index (κ3) is 16.6. The number of carbonyl (C=O) groups excluding carboxylic acids is 2. The molecule has 0 aliphatic carbocycles. The zero-order valence-electron chi connectivity index (χ0n) is 45.9. The Hall–Kier alpha value is -5.58. The highest BCUT2D eigenvalue weighted by molar-refractivity contribution is 7.89. The number of amides is 4. The number of nitrogens with zero attached hydrogens (tertiary/aromatic N) is 6. The molecule has 0 saturated carbocycles. The number of likely N-dealkylation sites (N-methyl/N-ethyl adjacent to an activating group) is 2. The molecule has 6 N–H and O–H groups in total. The molecule has 0 aromatic heterocycles. The maximum absolute atomic E-state index is 15.4. The number of benzene rings is 4. The first-order chi connectivity index (χ1) is 39.3. The molecule has 4 heterocycles. The Morgan fingerprint density at radius 2 is 0.988 bits per heavy atom. The molecule has 4 aliphatic rings. The van der Waals surface area contributed by atoms with Gasteiger partial charge in [-0.2, -0.15) is 10.5 Å². The van der Waals surface area contributed by atoms with Crippen molar-refractivity contribution in [1.29, 1.82) is 10.5 Å². The average molecular weight is 1210 g/mol. The molecule has 8 rings (SSSR count). The summed E-state index contributed by atoms with van der Waals surface area (Å²) in [6.07, 6.45) is 2.45. The first kappa shape index (κ1) is 62.5. The second-order valence-electron chi connectivity index (χ2n) is 21.2. The fraction of sp³-hybridized carbons (Fsp3) is 0.500. The molecule has 0 bridgehead atoms. The van der Waals surface area contributed by atoms with Crippen LogP contribution in [0.2, 0.25) is 10.0 Å². The molecular formula is C56H70Cl2F2N12O8S2. The van der Waals surface area contributed by atoms with Gasteiger partial charge in [0.05, 0.1) is 59.5 Å². The lowest BCUT2D eigenvalue weighted by atomic mass is 9.83. The minimum Gasteiger partial charge on any atom is -0.378 e. The van der Waals surface area contributed by atoms with E-state index in [0.717, 1.165) is 11.1 Å². The van der Waals surface area contributed by atoms with E-state index >= 15 is 8.78 Å². The number of unbranched alkanes of at least 4 members (excludes halogenated alkanes) is 1. The van der Waals surface area contributed by atoms with Crippen molar-refractivity contribution in [2.45, 2.75) is 72.5 Å². The number of hydrogen-bond donors (Lipinski definition) is 6. The van der Waals surface area contributed by atoms with Crippen LogP contribution in [0.4, 0.5) is 18.4 Å². The molecule has 0 radical (unpaired) electrons. The van der Waals surface area contributed by atoms with Gasteiger partial charge < -0.3 is 40.5 Å². The van der Waals surface area contributed by atoms with Crippen molar-refractivity contribution in [3.63, 3.8) is 0 Å². The molecule has 4 atom stereocenters. The van der Waals surface area contributed by atoms with E-state index in [9.17, 15) is 36.9 Å². The Kier molecular flexibility index (Phi) is 21.9. The molecule has 4 aromatic carbocycles. The van der Waals surface area contributed by atoms with Gasteiger partial charge in [0.15, 0.2) is 0 Å². The van der Waals surface area contributed by atoms with Crippen LogP contribution in [0.5, 0.6) is 0 Å². The predicted molar refractivity (Wildman–Crippen MR) is 305 cm³/mol. The van der Waals surface area contributed by atoms with E-state index in [1.807, 2.05) is 23.9 Å². The second-order valence-corrected chi connectivity index (χ2v) is 25.5. The van der Waals surface area contributed by atoms with Crippen LogP contribution in [0.25, 0.3) is 0 Å². The summed E-state index contributed by atoms with van der Waals surface area (Å²) in [5.41, 5.74) is 4.16. The van der Waals surface area contributed by atoms with Crippen molar-refractivity contribution >= 4 is 55.3 Å². The van der Waals surface area contributed by atoms with E-state index in [0.29, 0.717) is 163 Å². The molecule has 26 heteroatoms. The summed E-state index contributed by atoms with van der Waals surface area (Å²) in [4.78, 5) is 32.6. The molecule has 2 saturated heterocycles. The van der Waals surface area contributed by atoms with Crippen molar-refractivity contribution in [1.82, 2.24) is 50.3 Å². The van der Waals surface area contributed by atoms with E-state index in [2.05, 4.69) is 52.6 Å². The number of carbonyl (C=O) groups is 2. The third-order valence-corrected chi connectivity index (χ3v) is 18.6. The molecular weight excluding hydrogens is 1140 g/mol. The zero-order valence-corrected chi connectivity index (χ0v) is 49.1. The van der Waals surface area contributed by atoms with Crippen molar-refractivity contribution < 1.29 is 44.7 Å². The van der Waals surface area contributed by atoms with Crippen molar-refractivity contribution in [2.24, 2.45) is 0 Å². The summed E-state index contributed by atoms with van der Waals surface area (Å²) < 4.78 is 102. The number of hydrogen-bond acceptors (Lipinski definition) is 14. The second kappa shape index (κ2) is 28.8. The highest BCUT2D eigenvalue weighted by atomic mass is 35.5. The maximum atomic E-state index is 15.4. The molecule has 4 aliphatic heterocycles. The summed E-state index contributed by atoms with van der Waals surface area (Å²) in [6.45, 7) is 7.93. The highest BCUT2D eigenvalue weighted by Crippen LogP contribution is 2.40. The van der Waals surface area contributed by atoms with Gasteiger partial charge in [0.25, 0.3) is 0 Å². The van der Waals surface area contributed by atoms with Gasteiger partial charge in [-0.3, -0.25) is 9.80 Å². The minimum absolute atomic E-state index is 0.0432. The van der Waals surface area contributed by atoms with Gasteiger partial charge in [0.1, 0.15) is 11.6 Å². The van der Waals surface area contributed by atoms with Crippen LogP contribution in [-0.4, -0.2) is 180 Å². The Morgan fingerprint density at radius 3 is 1.39 bits per heavy atom. The van der Waals surface area contributed by atoms with Gasteiger partial charge in [0, 0.05) is 113 Å². The summed E-state index contributed by atoms with van der Waals surface area (Å²) in [6, 6.07) is 17.2. The molecule has 2 fully saturated rings. The van der Waals surface area contributed by atoms with Crippen molar-refractivity contribution in [3.05, 3.63) is 127 Å². The number of likely N-dealkylation sites (tertiary alicyclic amines) is 2. The van der Waals surface area contributed by atoms with Crippen LogP contribution in [-0.2, 0) is 42.6 Å². The van der Waals surface area contributed by atoms with Gasteiger partial charge in [-0.25, -0.2) is 44.6 Å². The minimum atomic E-state index is -4.00. The van der Waals surface area contributed by atoms with Crippen LogP contribution in [0, 0.1) is 34.3 Å². The fourth-order valence-electron chi connectivity index (χ4n) is 11.1. The predicted octanol–water partition coefficient (Wildman–Crippen LogP) is 4.99. The van der Waals surface area contributed by atoms with E-state index in [1.54, 1.807) is 24.3 Å². The lowest BCUT2D eigenvalue weighted by Crippen LogP contribution is -2.39. The molecule has 0 spiro atoms. The number of nitrogens with one attached hydrogen (secondary N) is 6. The lowest BCUT2D eigenvalue weighted by molar-refractivity contribution is 0.113. The van der Waals surface area contributed by atoms with Gasteiger partial charge in [-0.05, 0) is 147 Å². The largest absolute Gasteiger partial charge is 0.378 e. The average Bonchev–Trinajstić information content (AvgIpc) is 4.22. The third-order valence-electron chi connectivity index (χ3n) is 15.2. The Balaban J connectivity index is 0.624. The number of fused-ring (bicyclic) bond motifs is 2. The Labute approximate surface area is 488 Å². The summed E-state index contributed by atoms with van der Waals surface area (Å²) in [5.74, 6) is -2.14. The van der Waals surface area contributed by atoms with Crippen molar-refractivity contribution in [3.8, 4) is 12.1 Å². The van der Waals surface area contributed by atoms with Gasteiger partial charge >= 0.3 is 12.1 Å². The standard InChI is InChI=1S/C56H70Cl2F2N12O8S2/c1-69-33-49-37(29-61)23-39(57)25-45(49)51(35-69)47-27-43(5-7-53(47)59)81(75,76)67-41-9-15-71(31-41)17-21-79-19-13-65-55(73)63-11-3-4-12-64-56(74)66-14-20-80-22-18-72-16-10-42(32-72)68-82(77,78)44-6-8-54(60)48(28-44)52-36-70(2)34-50-38(30-62)24-40(58)26-46(50)52/h5-8,23-28,41-42,51-52,67-68H,3-4,9-22,31-36H2,1-2H3,(H2,63,65,73)(H2,64,66,74)/t41-,42-,51?,52?/m0/s1. The Bertz CT molecular complexity index is 3050. The summed E-state index contributed by atoms with van der Waals surface area (Å²) in [5, 5.41) is 31.2. The molecule has 4 amide bonds. The highest BCUT2D eigenvalue weighted by Gasteiger charge is 2.34. The maximum Gasteiger partial charge on any atom is 0.314 e. The number of halogens is 4. The molecule has 442 valence electrons. The summed E-state index contributed by atoms with van der Waals surface area (Å²) >= 11 is 12.7. The van der Waals surface area contributed by atoms with Crippen LogP contribution >= 0.6 is 23.2 Å². The van der Waals surface area contributed by atoms with Crippen LogP contribution in [0.3, 0.4) is 0 Å². The van der Waals surface area contributed by atoms with Gasteiger partial charge in [-0.1, -0.05) is 23.2 Å². The van der Waals surface area contributed by atoms with E-state index in [1.165, 1.54) is 36.4 Å². The summed E-state index contributed by atoms with van der Waals surface area (Å²) in [7, 11) is -4.26. The topological polar surface area (TPSA) is 254 Å². The molecule has 82 heavy (non-hydrogen) atoms. The first-order valence-electron chi connectivity index (χ1n) is 27.4. The molecule has 2 unspecified atom stereocenters. The smallest absolute Gasteiger partial charge is 0.314 e. The fourth-order valence-corrected chi connectivity index (χ4v) is 14.2. The lowest BCUT2D eigenvalue weighted by Gasteiger charge is -2.33. The first-order valence-corrected chi connectivity index (χ1v) is 31.1. The number of sulfonamides is 2. The van der Waals surface area contributed by atoms with Crippen LogP contribution in [0.15, 0.2) is 70.5 Å². The SMILES string of the molecule is CN1Cc2c(C#N)cc(Cl)cc2C(c2cc(S(=O)(=O)N[C@H]3CCN(CCOCCNC(=O)NCCCCNC(=O)NCCOCCN4CC[C@H](NS(=O)(=O)c5ccc(F)c(C6CN(C)Cc7c(C#N)cc(Cl)cc76)c5)C4)C3)ccc2F)C1. The number of rotatable bonds is 25. The monoisotopic (exact) mass is 1210 g/mol. The zero-order chi connectivity index (χ0) is 58.6. The number of ether oxygens (including phenoxy) is 2. The van der Waals surface area contributed by atoms with Crippen LogP contribution in [0.1, 0.15) is 82.0 Å². The molecule has 4 aromatic rings. The number of nitriles is 2. The normalized spacial score (nSPS) is 19.7. The van der Waals surface area contributed by atoms with Gasteiger partial charge in [-0.15, -0.1) is 0 Å². The van der Waals surface area contributed by atoms with E-state index < -0.39 is 43.5 Å². The van der Waals surface area contributed by atoms with E-state index in [4.69, 9.17) is 32.7 Å². The quantitative estimate of drug-likeness (QED) is 0.0479. The molecule has 20 nitrogen and oxygen atoms in total. The van der Waals surface area contributed by atoms with Crippen molar-refractivity contribution in [2.75, 3.05) is 119 Å². The number of urea groups is 2. The Morgan fingerprint density at radius 1 is 0.585 bits per heavy atom. The van der Waals surface area contributed by atoms with Crippen LogP contribution < -0.4 is 30.7 Å². The van der Waals surface area contributed by atoms with E-state index in [-0.39, 0.29) is 58.3 Å². The van der Waals surface area contributed by atoms with Gasteiger partial charge in [0.2, 0.25) is 20.0 Å².